The zero-order valence-corrected chi connectivity index (χ0v) is 26.8. The first kappa shape index (κ1) is 35.4. The summed E-state index contributed by atoms with van der Waals surface area (Å²) in [5, 5.41) is 0. The molecule has 0 aromatic rings. The first-order chi connectivity index (χ1) is 18.8. The molecule has 1 heterocycles. The third-order valence-corrected chi connectivity index (χ3v) is 8.82. The van der Waals surface area contributed by atoms with E-state index < -0.39 is 0 Å². The molecule has 0 saturated heterocycles. The van der Waals surface area contributed by atoms with Crippen LogP contribution in [-0.4, -0.2) is 29.1 Å². The smallest absolute Gasteiger partial charge is 0.101 e. The molecular weight excluding hydrogens is 460 g/mol. The van der Waals surface area contributed by atoms with Gasteiger partial charge >= 0.3 is 0 Å². The van der Waals surface area contributed by atoms with Crippen molar-refractivity contribution in [1.82, 2.24) is 9.80 Å². The van der Waals surface area contributed by atoms with Crippen molar-refractivity contribution in [3.8, 4) is 0 Å². The zero-order chi connectivity index (χ0) is 27.4. The molecule has 0 saturated carbocycles. The van der Waals surface area contributed by atoms with Gasteiger partial charge in [0, 0.05) is 25.5 Å². The molecule has 0 radical (unpaired) electrons. The summed E-state index contributed by atoms with van der Waals surface area (Å²) in [4.78, 5) is 5.34. The van der Waals surface area contributed by atoms with Gasteiger partial charge in [-0.05, 0) is 25.7 Å². The Bertz CT molecular complexity index is 488. The molecule has 226 valence electrons. The highest BCUT2D eigenvalue weighted by atomic mass is 15.4. The maximum atomic E-state index is 2.67. The molecule has 2 heteroatoms. The summed E-state index contributed by atoms with van der Waals surface area (Å²) < 4.78 is 0. The van der Waals surface area contributed by atoms with Gasteiger partial charge in [0.15, 0.2) is 0 Å². The van der Waals surface area contributed by atoms with Gasteiger partial charge in [-0.2, -0.15) is 0 Å². The topological polar surface area (TPSA) is 6.48 Å². The van der Waals surface area contributed by atoms with Crippen LogP contribution in [0.5, 0.6) is 0 Å². The van der Waals surface area contributed by atoms with E-state index in [1.807, 2.05) is 0 Å². The molecule has 0 spiro atoms. The monoisotopic (exact) mass is 533 g/mol. The van der Waals surface area contributed by atoms with E-state index in [1.165, 1.54) is 193 Å². The van der Waals surface area contributed by atoms with E-state index in [0.717, 1.165) is 0 Å². The molecule has 1 aliphatic rings. The van der Waals surface area contributed by atoms with Crippen molar-refractivity contribution in [2.24, 2.45) is 0 Å². The molecular formula is C36H72N2. The maximum absolute atomic E-state index is 2.67. The molecule has 0 bridgehead atoms. The number of nitrogens with zero attached hydrogens (tertiary/aromatic N) is 2. The van der Waals surface area contributed by atoms with Crippen molar-refractivity contribution in [3.63, 3.8) is 0 Å². The molecule has 38 heavy (non-hydrogen) atoms. The number of hydrogen-bond donors (Lipinski definition) is 0. The molecule has 0 aliphatic carbocycles. The van der Waals surface area contributed by atoms with Crippen molar-refractivity contribution in [2.45, 2.75) is 207 Å². The third kappa shape index (κ3) is 20.3. The molecule has 0 fully saturated rings. The minimum atomic E-state index is 0.639. The fraction of sp³-hybridized carbons (Fsp3) is 0.944. The lowest BCUT2D eigenvalue weighted by atomic mass is 10.0. The van der Waals surface area contributed by atoms with E-state index >= 15 is 0 Å². The minimum Gasteiger partial charge on any atom is -0.356 e. The minimum absolute atomic E-state index is 0.639. The van der Waals surface area contributed by atoms with Crippen LogP contribution in [0.1, 0.15) is 201 Å². The van der Waals surface area contributed by atoms with Crippen LogP contribution in [0.25, 0.3) is 0 Å². The normalized spacial score (nSPS) is 15.3. The standard InChI is InChI=1S/C36H72N2/c1-4-7-10-12-14-16-17-18-19-20-21-22-24-26-28-30-33-38-35-34-37(36(38)31-9-6-3)32-29-27-25-23-15-13-11-8-5-2/h34-36H,4-33H2,1-3H3. The predicted octanol–water partition coefficient (Wildman–Crippen LogP) is 12.4. The molecule has 0 amide bonds. The van der Waals surface area contributed by atoms with Gasteiger partial charge in [-0.1, -0.05) is 175 Å². The Labute approximate surface area is 241 Å². The highest BCUT2D eigenvalue weighted by Gasteiger charge is 2.24. The van der Waals surface area contributed by atoms with E-state index in [0.29, 0.717) is 6.17 Å². The number of unbranched alkanes of at least 4 members (excludes halogenated alkanes) is 24. The lowest BCUT2D eigenvalue weighted by Crippen LogP contribution is -2.39. The molecule has 1 unspecified atom stereocenters. The van der Waals surface area contributed by atoms with Crippen LogP contribution < -0.4 is 0 Å². The Balaban J connectivity index is 1.99. The third-order valence-electron chi connectivity index (χ3n) is 8.82. The van der Waals surface area contributed by atoms with Crippen molar-refractivity contribution in [3.05, 3.63) is 12.4 Å². The largest absolute Gasteiger partial charge is 0.356 e. The molecule has 0 aromatic carbocycles. The average molecular weight is 533 g/mol. The lowest BCUT2D eigenvalue weighted by molar-refractivity contribution is 0.136. The van der Waals surface area contributed by atoms with Gasteiger partial charge in [0.1, 0.15) is 6.17 Å². The van der Waals surface area contributed by atoms with E-state index in [9.17, 15) is 0 Å². The van der Waals surface area contributed by atoms with E-state index in [4.69, 9.17) is 0 Å². The molecule has 1 atom stereocenters. The quantitative estimate of drug-likeness (QED) is 0.0848. The Morgan fingerprint density at radius 3 is 0.895 bits per heavy atom. The summed E-state index contributed by atoms with van der Waals surface area (Å²) >= 11 is 0. The summed E-state index contributed by atoms with van der Waals surface area (Å²) in [6, 6.07) is 0. The van der Waals surface area contributed by atoms with Gasteiger partial charge in [-0.3, -0.25) is 0 Å². The van der Waals surface area contributed by atoms with Crippen LogP contribution in [0.15, 0.2) is 12.4 Å². The summed E-state index contributed by atoms with van der Waals surface area (Å²) in [6.07, 6.45) is 45.5. The van der Waals surface area contributed by atoms with Crippen LogP contribution in [-0.2, 0) is 0 Å². The Morgan fingerprint density at radius 2 is 0.605 bits per heavy atom. The highest BCUT2D eigenvalue weighted by molar-refractivity contribution is 4.96. The molecule has 2 nitrogen and oxygen atoms in total. The van der Waals surface area contributed by atoms with Crippen LogP contribution in [0, 0.1) is 0 Å². The zero-order valence-electron chi connectivity index (χ0n) is 26.8. The Kier molecular flexibility index (Phi) is 26.0. The number of hydrogen-bond acceptors (Lipinski definition) is 2. The summed E-state index contributed by atoms with van der Waals surface area (Å²) in [7, 11) is 0. The van der Waals surface area contributed by atoms with Gasteiger partial charge in [-0.25, -0.2) is 0 Å². The van der Waals surface area contributed by atoms with E-state index in [-0.39, 0.29) is 0 Å². The average Bonchev–Trinajstić information content (AvgIpc) is 3.31. The van der Waals surface area contributed by atoms with Crippen LogP contribution in [0.4, 0.5) is 0 Å². The summed E-state index contributed by atoms with van der Waals surface area (Å²) in [5.74, 6) is 0. The van der Waals surface area contributed by atoms with Crippen LogP contribution in [0.3, 0.4) is 0 Å². The van der Waals surface area contributed by atoms with Crippen molar-refractivity contribution >= 4 is 0 Å². The van der Waals surface area contributed by atoms with Crippen molar-refractivity contribution < 1.29 is 0 Å². The first-order valence-corrected chi connectivity index (χ1v) is 18.0. The second kappa shape index (κ2) is 27.9. The van der Waals surface area contributed by atoms with Crippen molar-refractivity contribution in [1.29, 1.82) is 0 Å². The van der Waals surface area contributed by atoms with Gasteiger partial charge in [0.25, 0.3) is 0 Å². The molecule has 1 rings (SSSR count). The Hall–Kier alpha value is -0.660. The summed E-state index contributed by atoms with van der Waals surface area (Å²) in [5.41, 5.74) is 0. The second-order valence-electron chi connectivity index (χ2n) is 12.5. The van der Waals surface area contributed by atoms with Crippen LogP contribution in [0.2, 0.25) is 0 Å². The van der Waals surface area contributed by atoms with Gasteiger partial charge in [-0.15, -0.1) is 0 Å². The molecule has 1 aliphatic heterocycles. The van der Waals surface area contributed by atoms with E-state index in [1.54, 1.807) is 0 Å². The van der Waals surface area contributed by atoms with Gasteiger partial charge < -0.3 is 9.80 Å². The lowest BCUT2D eigenvalue weighted by Gasteiger charge is -2.33. The van der Waals surface area contributed by atoms with Crippen LogP contribution >= 0.6 is 0 Å². The first-order valence-electron chi connectivity index (χ1n) is 18.0. The fourth-order valence-corrected chi connectivity index (χ4v) is 6.17. The Morgan fingerprint density at radius 1 is 0.342 bits per heavy atom. The highest BCUT2D eigenvalue weighted by Crippen LogP contribution is 2.23. The molecule has 0 N–H and O–H groups in total. The number of rotatable bonds is 30. The molecule has 0 aromatic heterocycles. The fourth-order valence-electron chi connectivity index (χ4n) is 6.17. The SMILES string of the molecule is CCCCCCCCCCCCCCCCCCN1C=CN(CCCCCCCCCCC)C1CCCC. The van der Waals surface area contributed by atoms with E-state index in [2.05, 4.69) is 43.0 Å². The summed E-state index contributed by atoms with van der Waals surface area (Å²) in [6.45, 7) is 9.48. The predicted molar refractivity (Wildman–Crippen MR) is 173 cm³/mol. The van der Waals surface area contributed by atoms with Gasteiger partial charge in [0.2, 0.25) is 0 Å². The second-order valence-corrected chi connectivity index (χ2v) is 12.5. The van der Waals surface area contributed by atoms with Gasteiger partial charge in [0.05, 0.1) is 0 Å². The maximum Gasteiger partial charge on any atom is 0.101 e. The van der Waals surface area contributed by atoms with Crippen molar-refractivity contribution in [2.75, 3.05) is 13.1 Å².